The topological polar surface area (TPSA) is 127 Å². The molecule has 1 heterocycles. The summed E-state index contributed by atoms with van der Waals surface area (Å²) in [6.45, 7) is 1.43. The lowest BCUT2D eigenvalue weighted by atomic mass is 9.76. The summed E-state index contributed by atoms with van der Waals surface area (Å²) >= 11 is 0. The third kappa shape index (κ3) is 4.64. The molecule has 2 aromatic carbocycles. The summed E-state index contributed by atoms with van der Waals surface area (Å²) < 4.78 is 5.10. The van der Waals surface area contributed by atoms with E-state index in [1.54, 1.807) is 12.1 Å². The van der Waals surface area contributed by atoms with Crippen molar-refractivity contribution in [3.8, 4) is 5.75 Å². The molecule has 1 aliphatic carbocycles. The summed E-state index contributed by atoms with van der Waals surface area (Å²) in [6.07, 6.45) is 1.84. The first kappa shape index (κ1) is 24.1. The number of hydrogen-bond donors (Lipinski definition) is 0. The van der Waals surface area contributed by atoms with E-state index in [9.17, 15) is 29.3 Å². The van der Waals surface area contributed by atoms with Gasteiger partial charge in [-0.3, -0.25) is 29.3 Å². The highest BCUT2D eigenvalue weighted by atomic mass is 16.6. The third-order valence-electron chi connectivity index (χ3n) is 6.65. The van der Waals surface area contributed by atoms with Gasteiger partial charge in [0.25, 0.3) is 23.4 Å². The van der Waals surface area contributed by atoms with Crippen molar-refractivity contribution in [1.82, 2.24) is 10.0 Å². The Bertz CT molecular complexity index is 1190. The van der Waals surface area contributed by atoms with Crippen molar-refractivity contribution in [3.05, 3.63) is 69.8 Å². The van der Waals surface area contributed by atoms with Crippen molar-refractivity contribution in [3.63, 3.8) is 0 Å². The van der Waals surface area contributed by atoms with E-state index >= 15 is 0 Å². The molecule has 182 valence electrons. The van der Waals surface area contributed by atoms with E-state index in [4.69, 9.17) is 4.74 Å². The number of carbonyl (C=O) groups excluding carboxylic acids is 4. The molecule has 1 aliphatic heterocycles. The molecule has 3 amide bonds. The number of nitrogens with zero attached hydrogens (tertiary/aromatic N) is 3. The van der Waals surface area contributed by atoms with Crippen LogP contribution in [0.25, 0.3) is 0 Å². The number of non-ortho nitro benzene ring substituents is 1. The number of hydrazine groups is 1. The molecular weight excluding hydrogens is 454 g/mol. The highest BCUT2D eigenvalue weighted by Crippen LogP contribution is 2.41. The summed E-state index contributed by atoms with van der Waals surface area (Å²) in [6, 6.07) is 11.2. The first-order valence-electron chi connectivity index (χ1n) is 11.3. The van der Waals surface area contributed by atoms with Crippen molar-refractivity contribution in [2.45, 2.75) is 26.2 Å². The van der Waals surface area contributed by atoms with Gasteiger partial charge in [-0.15, -0.1) is 0 Å². The molecule has 2 fully saturated rings. The van der Waals surface area contributed by atoms with Gasteiger partial charge in [0.1, 0.15) is 12.3 Å². The molecule has 0 N–H and O–H groups in total. The van der Waals surface area contributed by atoms with E-state index in [-0.39, 0.29) is 22.7 Å². The molecule has 10 heteroatoms. The van der Waals surface area contributed by atoms with Gasteiger partial charge >= 0.3 is 0 Å². The molecule has 0 unspecified atom stereocenters. The summed E-state index contributed by atoms with van der Waals surface area (Å²) in [5.41, 5.74) is -0.169. The predicted octanol–water partition coefficient (Wildman–Crippen LogP) is 3.26. The summed E-state index contributed by atoms with van der Waals surface area (Å²) in [5, 5.41) is 12.8. The number of Topliss-reactive ketones (excluding diaryl/α,β-unsaturated/α-hetero) is 1. The Kier molecular flexibility index (Phi) is 6.63. The van der Waals surface area contributed by atoms with Gasteiger partial charge in [0, 0.05) is 23.3 Å². The smallest absolute Gasteiger partial charge is 0.273 e. The van der Waals surface area contributed by atoms with Crippen molar-refractivity contribution >= 4 is 29.2 Å². The standard InChI is InChI=1S/C25H25N3O7/c1-15-6-11-20-21(12-15)25(32)27(24(20)31)26(14-22(29)16-7-9-19(35-2)10-8-16)23(30)17-4-3-5-18(13-17)28(33)34/h3-5,7-10,13,15,20-21H,6,11-12,14H2,1-2H3/t15-,20+,21+/m0/s1. The molecule has 3 atom stereocenters. The number of methoxy groups -OCH3 is 1. The lowest BCUT2D eigenvalue weighted by molar-refractivity contribution is -0.384. The molecule has 0 radical (unpaired) electrons. The van der Waals surface area contributed by atoms with E-state index in [2.05, 4.69) is 0 Å². The second-order valence-electron chi connectivity index (χ2n) is 8.94. The zero-order valence-electron chi connectivity index (χ0n) is 19.4. The van der Waals surface area contributed by atoms with E-state index < -0.39 is 46.8 Å². The Morgan fingerprint density at radius 1 is 1.06 bits per heavy atom. The van der Waals surface area contributed by atoms with Gasteiger partial charge < -0.3 is 4.74 Å². The number of amides is 3. The Balaban J connectivity index is 1.70. The van der Waals surface area contributed by atoms with E-state index in [1.807, 2.05) is 6.92 Å². The minimum Gasteiger partial charge on any atom is -0.497 e. The first-order chi connectivity index (χ1) is 16.7. The number of nitro groups is 1. The third-order valence-corrected chi connectivity index (χ3v) is 6.65. The summed E-state index contributed by atoms with van der Waals surface area (Å²) in [4.78, 5) is 63.8. The van der Waals surface area contributed by atoms with E-state index in [0.29, 0.717) is 18.6 Å². The maximum atomic E-state index is 13.5. The van der Waals surface area contributed by atoms with Crippen molar-refractivity contribution in [2.24, 2.45) is 17.8 Å². The second-order valence-corrected chi connectivity index (χ2v) is 8.94. The molecule has 2 aromatic rings. The minimum absolute atomic E-state index is 0.106. The number of nitro benzene ring substituents is 1. The molecular formula is C25H25N3O7. The molecule has 1 saturated carbocycles. The number of ketones is 1. The van der Waals surface area contributed by atoms with Gasteiger partial charge in [0.2, 0.25) is 0 Å². The number of fused-ring (bicyclic) bond motifs is 1. The van der Waals surface area contributed by atoms with Crippen LogP contribution in [0.2, 0.25) is 0 Å². The molecule has 1 saturated heterocycles. The maximum Gasteiger partial charge on any atom is 0.273 e. The number of benzene rings is 2. The van der Waals surface area contributed by atoms with Gasteiger partial charge in [-0.05, 0) is 55.5 Å². The molecule has 0 bridgehead atoms. The fourth-order valence-corrected chi connectivity index (χ4v) is 4.75. The van der Waals surface area contributed by atoms with Crippen molar-refractivity contribution < 1.29 is 28.8 Å². The normalized spacial score (nSPS) is 21.4. The zero-order chi connectivity index (χ0) is 25.3. The molecule has 0 aromatic heterocycles. The number of rotatable bonds is 7. The lowest BCUT2D eigenvalue weighted by Gasteiger charge is -2.30. The monoisotopic (exact) mass is 479 g/mol. The average Bonchev–Trinajstić information content (AvgIpc) is 3.11. The van der Waals surface area contributed by atoms with Crippen LogP contribution in [-0.4, -0.2) is 52.1 Å². The molecule has 4 rings (SSSR count). The minimum atomic E-state index is -0.844. The van der Waals surface area contributed by atoms with Gasteiger partial charge in [-0.2, -0.15) is 5.01 Å². The molecule has 10 nitrogen and oxygen atoms in total. The summed E-state index contributed by atoms with van der Waals surface area (Å²) in [7, 11) is 1.49. The predicted molar refractivity (Wildman–Crippen MR) is 123 cm³/mol. The number of ether oxygens (including phenoxy) is 1. The van der Waals surface area contributed by atoms with Crippen LogP contribution in [0.1, 0.15) is 46.9 Å². The highest BCUT2D eigenvalue weighted by molar-refractivity contribution is 6.09. The van der Waals surface area contributed by atoms with Crippen LogP contribution < -0.4 is 4.74 Å². The number of hydrogen-bond acceptors (Lipinski definition) is 7. The fourth-order valence-electron chi connectivity index (χ4n) is 4.75. The van der Waals surface area contributed by atoms with Crippen LogP contribution in [0.5, 0.6) is 5.75 Å². The molecule has 2 aliphatic rings. The van der Waals surface area contributed by atoms with Crippen LogP contribution >= 0.6 is 0 Å². The quantitative estimate of drug-likeness (QED) is 0.258. The fraction of sp³-hybridized carbons (Fsp3) is 0.360. The highest BCUT2D eigenvalue weighted by Gasteiger charge is 2.52. The van der Waals surface area contributed by atoms with Gasteiger partial charge in [-0.1, -0.05) is 13.0 Å². The zero-order valence-corrected chi connectivity index (χ0v) is 19.4. The van der Waals surface area contributed by atoms with Crippen molar-refractivity contribution in [1.29, 1.82) is 0 Å². The molecule has 0 spiro atoms. The number of carbonyl (C=O) groups is 4. The Morgan fingerprint density at radius 3 is 2.40 bits per heavy atom. The average molecular weight is 479 g/mol. The Labute approximate surface area is 201 Å². The van der Waals surface area contributed by atoms with E-state index in [1.165, 1.54) is 37.4 Å². The Morgan fingerprint density at radius 2 is 1.74 bits per heavy atom. The van der Waals surface area contributed by atoms with Gasteiger partial charge in [-0.25, -0.2) is 5.01 Å². The maximum absolute atomic E-state index is 13.5. The van der Waals surface area contributed by atoms with Crippen LogP contribution in [0, 0.1) is 27.9 Å². The first-order valence-corrected chi connectivity index (χ1v) is 11.3. The van der Waals surface area contributed by atoms with Gasteiger partial charge in [0.15, 0.2) is 5.78 Å². The summed E-state index contributed by atoms with van der Waals surface area (Å²) in [5.74, 6) is -2.69. The SMILES string of the molecule is COc1ccc(C(=O)CN(C(=O)c2cccc([N+](=O)[O-])c2)N2C(=O)[C@@H]3CC[C@H](C)C[C@H]3C2=O)cc1. The van der Waals surface area contributed by atoms with Crippen LogP contribution in [0.3, 0.4) is 0 Å². The lowest BCUT2D eigenvalue weighted by Crippen LogP contribution is -2.52. The second kappa shape index (κ2) is 9.65. The van der Waals surface area contributed by atoms with Crippen LogP contribution in [0.4, 0.5) is 5.69 Å². The van der Waals surface area contributed by atoms with Gasteiger partial charge in [0.05, 0.1) is 23.9 Å². The van der Waals surface area contributed by atoms with Crippen LogP contribution in [-0.2, 0) is 9.59 Å². The largest absolute Gasteiger partial charge is 0.497 e. The van der Waals surface area contributed by atoms with Crippen molar-refractivity contribution in [2.75, 3.05) is 13.7 Å². The van der Waals surface area contributed by atoms with Crippen LogP contribution in [0.15, 0.2) is 48.5 Å². The number of imide groups is 1. The van der Waals surface area contributed by atoms with E-state index in [0.717, 1.165) is 22.5 Å². The Hall–Kier alpha value is -4.08. The molecule has 35 heavy (non-hydrogen) atoms.